The summed E-state index contributed by atoms with van der Waals surface area (Å²) in [4.78, 5) is 4.12. The number of alkyl halides is 3. The molecule has 2 rings (SSSR count). The van der Waals surface area contributed by atoms with E-state index in [1.807, 2.05) is 0 Å². The number of nitrogens with zero attached hydrogens (tertiary/aromatic N) is 1. The molecule has 1 heterocycles. The summed E-state index contributed by atoms with van der Waals surface area (Å²) in [7, 11) is 0. The molecule has 2 N–H and O–H groups in total. The molecule has 2 aromatic rings. The number of nitrogens with two attached hydrogens (primary N) is 1. The van der Waals surface area contributed by atoms with Crippen LogP contribution in [-0.2, 0) is 6.18 Å². The minimum Gasteiger partial charge on any atom is -0.483 e. The summed E-state index contributed by atoms with van der Waals surface area (Å²) in [6.07, 6.45) is -3.24. The van der Waals surface area contributed by atoms with E-state index in [1.54, 1.807) is 24.4 Å². The Bertz CT molecular complexity index is 541. The van der Waals surface area contributed by atoms with E-state index in [0.717, 1.165) is 12.1 Å². The van der Waals surface area contributed by atoms with E-state index in [-0.39, 0.29) is 6.54 Å². The maximum atomic E-state index is 12.4. The topological polar surface area (TPSA) is 48.1 Å². The number of benzene rings is 1. The molecule has 0 aliphatic rings. The molecule has 1 unspecified atom stereocenters. The molecule has 0 aliphatic carbocycles. The summed E-state index contributed by atoms with van der Waals surface area (Å²) in [6, 6.07) is 9.80. The van der Waals surface area contributed by atoms with Gasteiger partial charge in [-0.15, -0.1) is 0 Å². The molecule has 3 nitrogen and oxygen atoms in total. The smallest absolute Gasteiger partial charge is 0.416 e. The monoisotopic (exact) mass is 282 g/mol. The Balaban J connectivity index is 2.13. The van der Waals surface area contributed by atoms with Crippen LogP contribution in [0.4, 0.5) is 13.2 Å². The summed E-state index contributed by atoms with van der Waals surface area (Å²) in [6.45, 7) is 0.179. The van der Waals surface area contributed by atoms with E-state index >= 15 is 0 Å². The molecule has 20 heavy (non-hydrogen) atoms. The first-order valence-electron chi connectivity index (χ1n) is 5.95. The normalized spacial score (nSPS) is 13.0. The Kier molecular flexibility index (Phi) is 4.24. The number of ether oxygens (including phenoxy) is 1. The van der Waals surface area contributed by atoms with Gasteiger partial charge in [-0.25, -0.2) is 0 Å². The molecule has 0 bridgehead atoms. The zero-order valence-corrected chi connectivity index (χ0v) is 10.5. The number of rotatable bonds is 4. The highest BCUT2D eigenvalue weighted by Crippen LogP contribution is 2.31. The number of hydrogen-bond acceptors (Lipinski definition) is 3. The van der Waals surface area contributed by atoms with Gasteiger partial charge < -0.3 is 10.5 Å². The molecular formula is C14H13F3N2O. The van der Waals surface area contributed by atoms with Crippen LogP contribution in [0.5, 0.6) is 5.75 Å². The van der Waals surface area contributed by atoms with Gasteiger partial charge in [-0.2, -0.15) is 13.2 Å². The van der Waals surface area contributed by atoms with Crippen molar-refractivity contribution in [2.45, 2.75) is 12.3 Å². The highest BCUT2D eigenvalue weighted by molar-refractivity contribution is 5.29. The van der Waals surface area contributed by atoms with E-state index in [4.69, 9.17) is 10.5 Å². The first-order valence-corrected chi connectivity index (χ1v) is 5.95. The summed E-state index contributed by atoms with van der Waals surface area (Å²) in [5, 5.41) is 0. The third-order valence-electron chi connectivity index (χ3n) is 2.69. The first kappa shape index (κ1) is 14.3. The summed E-state index contributed by atoms with van der Waals surface area (Å²) in [5.74, 6) is 0.319. The van der Waals surface area contributed by atoms with Gasteiger partial charge in [0.2, 0.25) is 0 Å². The molecular weight excluding hydrogens is 269 g/mol. The van der Waals surface area contributed by atoms with E-state index < -0.39 is 17.8 Å². The summed E-state index contributed by atoms with van der Waals surface area (Å²) < 4.78 is 42.9. The van der Waals surface area contributed by atoms with Crippen LogP contribution in [0.25, 0.3) is 0 Å². The molecule has 6 heteroatoms. The van der Waals surface area contributed by atoms with Crippen LogP contribution in [0.2, 0.25) is 0 Å². The van der Waals surface area contributed by atoms with Crippen molar-refractivity contribution in [3.63, 3.8) is 0 Å². The third kappa shape index (κ3) is 3.48. The first-order chi connectivity index (χ1) is 9.50. The molecule has 0 saturated carbocycles. The second-order valence-corrected chi connectivity index (χ2v) is 4.12. The van der Waals surface area contributed by atoms with Gasteiger partial charge in [-0.05, 0) is 36.4 Å². The number of pyridine rings is 1. The maximum Gasteiger partial charge on any atom is 0.416 e. The predicted molar refractivity (Wildman–Crippen MR) is 68.1 cm³/mol. The molecule has 0 radical (unpaired) electrons. The van der Waals surface area contributed by atoms with Gasteiger partial charge in [0.05, 0.1) is 11.3 Å². The molecule has 1 atom stereocenters. The Morgan fingerprint density at radius 3 is 2.30 bits per heavy atom. The Hall–Kier alpha value is -2.08. The van der Waals surface area contributed by atoms with Gasteiger partial charge in [-0.1, -0.05) is 6.07 Å². The quantitative estimate of drug-likeness (QED) is 0.937. The van der Waals surface area contributed by atoms with E-state index in [9.17, 15) is 13.2 Å². The average molecular weight is 282 g/mol. The maximum absolute atomic E-state index is 12.4. The molecule has 0 saturated heterocycles. The van der Waals surface area contributed by atoms with Crippen LogP contribution in [0.15, 0.2) is 48.7 Å². The number of hydrogen-bond donors (Lipinski definition) is 1. The SMILES string of the molecule is NCC(Oc1ccc(C(F)(F)F)cc1)c1ccccn1. The number of aromatic nitrogens is 1. The Morgan fingerprint density at radius 1 is 1.10 bits per heavy atom. The lowest BCUT2D eigenvalue weighted by Gasteiger charge is -2.17. The van der Waals surface area contributed by atoms with E-state index in [1.165, 1.54) is 12.1 Å². The zero-order valence-electron chi connectivity index (χ0n) is 10.5. The van der Waals surface area contributed by atoms with Crippen molar-refractivity contribution in [3.05, 3.63) is 59.9 Å². The van der Waals surface area contributed by atoms with Crippen LogP contribution < -0.4 is 10.5 Å². The lowest BCUT2D eigenvalue weighted by atomic mass is 10.2. The lowest BCUT2D eigenvalue weighted by Crippen LogP contribution is -2.19. The standard InChI is InChI=1S/C14H13F3N2O/c15-14(16,17)10-4-6-11(7-5-10)20-13(9-18)12-3-1-2-8-19-12/h1-8,13H,9,18H2. The molecule has 0 aliphatic heterocycles. The Morgan fingerprint density at radius 2 is 1.80 bits per heavy atom. The van der Waals surface area contributed by atoms with Crippen LogP contribution in [0, 0.1) is 0 Å². The highest BCUT2D eigenvalue weighted by Gasteiger charge is 2.30. The zero-order chi connectivity index (χ0) is 14.6. The Labute approximate surface area is 114 Å². The van der Waals surface area contributed by atoms with Crippen LogP contribution in [0.1, 0.15) is 17.4 Å². The molecule has 1 aromatic carbocycles. The minimum absolute atomic E-state index is 0.179. The van der Waals surface area contributed by atoms with Gasteiger partial charge in [-0.3, -0.25) is 4.98 Å². The van der Waals surface area contributed by atoms with Gasteiger partial charge >= 0.3 is 6.18 Å². The third-order valence-corrected chi connectivity index (χ3v) is 2.69. The fraction of sp³-hybridized carbons (Fsp3) is 0.214. The predicted octanol–water partition coefficient (Wildman–Crippen LogP) is 3.18. The van der Waals surface area contributed by atoms with Gasteiger partial charge in [0.25, 0.3) is 0 Å². The largest absolute Gasteiger partial charge is 0.483 e. The van der Waals surface area contributed by atoms with Crippen molar-refractivity contribution >= 4 is 0 Å². The van der Waals surface area contributed by atoms with Crippen molar-refractivity contribution in [1.82, 2.24) is 4.98 Å². The fourth-order valence-corrected chi connectivity index (χ4v) is 1.68. The van der Waals surface area contributed by atoms with Crippen molar-refractivity contribution in [1.29, 1.82) is 0 Å². The van der Waals surface area contributed by atoms with Crippen LogP contribution in [-0.4, -0.2) is 11.5 Å². The van der Waals surface area contributed by atoms with Crippen LogP contribution in [0.3, 0.4) is 0 Å². The summed E-state index contributed by atoms with van der Waals surface area (Å²) >= 11 is 0. The van der Waals surface area contributed by atoms with Gasteiger partial charge in [0.1, 0.15) is 5.75 Å². The highest BCUT2D eigenvalue weighted by atomic mass is 19.4. The van der Waals surface area contributed by atoms with Crippen molar-refractivity contribution in [3.8, 4) is 5.75 Å². The lowest BCUT2D eigenvalue weighted by molar-refractivity contribution is -0.137. The van der Waals surface area contributed by atoms with Gasteiger partial charge in [0, 0.05) is 12.7 Å². The molecule has 106 valence electrons. The molecule has 0 amide bonds. The minimum atomic E-state index is -4.35. The van der Waals surface area contributed by atoms with Crippen molar-refractivity contribution < 1.29 is 17.9 Å². The average Bonchev–Trinajstić information content (AvgIpc) is 2.45. The second kappa shape index (κ2) is 5.92. The molecule has 0 fully saturated rings. The number of halogens is 3. The second-order valence-electron chi connectivity index (χ2n) is 4.12. The van der Waals surface area contributed by atoms with E-state index in [2.05, 4.69) is 4.98 Å². The molecule has 1 aromatic heterocycles. The molecule has 0 spiro atoms. The van der Waals surface area contributed by atoms with Gasteiger partial charge in [0.15, 0.2) is 6.10 Å². The van der Waals surface area contributed by atoms with E-state index in [0.29, 0.717) is 11.4 Å². The van der Waals surface area contributed by atoms with Crippen LogP contribution >= 0.6 is 0 Å². The fourth-order valence-electron chi connectivity index (χ4n) is 1.68. The summed E-state index contributed by atoms with van der Waals surface area (Å²) in [5.41, 5.74) is 5.53. The van der Waals surface area contributed by atoms with Crippen molar-refractivity contribution in [2.75, 3.05) is 6.54 Å². The van der Waals surface area contributed by atoms with Crippen molar-refractivity contribution in [2.24, 2.45) is 5.73 Å².